The number of fused-ring (bicyclic) bond motifs is 1. The molecule has 1 saturated carbocycles. The van der Waals surface area contributed by atoms with Gasteiger partial charge in [-0.2, -0.15) is 13.2 Å². The van der Waals surface area contributed by atoms with Crippen molar-refractivity contribution in [3.8, 4) is 0 Å². The Balaban J connectivity index is 1.54. The molecule has 168 valence electrons. The van der Waals surface area contributed by atoms with Crippen molar-refractivity contribution in [2.45, 2.75) is 64.7 Å². The van der Waals surface area contributed by atoms with E-state index < -0.39 is 17.3 Å². The Labute approximate surface area is 182 Å². The number of pyridine rings is 1. The van der Waals surface area contributed by atoms with Gasteiger partial charge in [-0.15, -0.1) is 11.3 Å². The topological polar surface area (TPSA) is 59.5 Å². The smallest absolute Gasteiger partial charge is 0.417 e. The molecule has 9 heteroatoms. The van der Waals surface area contributed by atoms with Crippen LogP contribution in [0.3, 0.4) is 0 Å². The summed E-state index contributed by atoms with van der Waals surface area (Å²) in [4.78, 5) is 30.5. The predicted molar refractivity (Wildman–Crippen MR) is 111 cm³/mol. The minimum atomic E-state index is -4.52. The third-order valence-electron chi connectivity index (χ3n) is 5.95. The van der Waals surface area contributed by atoms with Crippen molar-refractivity contribution >= 4 is 33.4 Å². The fourth-order valence-electron chi connectivity index (χ4n) is 4.51. The van der Waals surface area contributed by atoms with Crippen LogP contribution in [0.1, 0.15) is 74.5 Å². The van der Waals surface area contributed by atoms with Gasteiger partial charge in [-0.3, -0.25) is 9.78 Å². The van der Waals surface area contributed by atoms with Gasteiger partial charge in [0.1, 0.15) is 5.60 Å². The highest BCUT2D eigenvalue weighted by Gasteiger charge is 2.55. The van der Waals surface area contributed by atoms with Crippen molar-refractivity contribution in [2.75, 3.05) is 13.1 Å². The van der Waals surface area contributed by atoms with Crippen molar-refractivity contribution < 1.29 is 27.5 Å². The van der Waals surface area contributed by atoms with Gasteiger partial charge >= 0.3 is 12.3 Å². The van der Waals surface area contributed by atoms with E-state index in [4.69, 9.17) is 4.74 Å². The van der Waals surface area contributed by atoms with Crippen LogP contribution in [0.25, 0.3) is 10.2 Å². The lowest BCUT2D eigenvalue weighted by Gasteiger charge is -2.58. The number of carbonyl (C=O) groups is 2. The quantitative estimate of drug-likeness (QED) is 0.532. The molecule has 1 saturated heterocycles. The number of rotatable bonds is 3. The van der Waals surface area contributed by atoms with Crippen molar-refractivity contribution in [1.29, 1.82) is 0 Å². The van der Waals surface area contributed by atoms with E-state index in [-0.39, 0.29) is 45.4 Å². The van der Waals surface area contributed by atoms with Crippen LogP contribution in [0.4, 0.5) is 18.0 Å². The van der Waals surface area contributed by atoms with Crippen LogP contribution in [0.15, 0.2) is 11.4 Å². The molecular weight excluding hydrogens is 429 g/mol. The second kappa shape index (κ2) is 7.18. The van der Waals surface area contributed by atoms with Crippen LogP contribution in [0.2, 0.25) is 0 Å². The Hall–Kier alpha value is -2.16. The fourth-order valence-corrected chi connectivity index (χ4v) is 5.56. The van der Waals surface area contributed by atoms with Crippen molar-refractivity contribution in [1.82, 2.24) is 9.88 Å². The molecule has 5 nitrogen and oxygen atoms in total. The number of alkyl halides is 3. The minimum absolute atomic E-state index is 0.0156. The van der Waals surface area contributed by atoms with Gasteiger partial charge in [0, 0.05) is 41.9 Å². The minimum Gasteiger partial charge on any atom is -0.444 e. The molecule has 1 spiro atoms. The van der Waals surface area contributed by atoms with Crippen LogP contribution in [-0.2, 0) is 10.9 Å². The molecule has 3 heterocycles. The van der Waals surface area contributed by atoms with Crippen molar-refractivity contribution in [3.63, 3.8) is 0 Å². The molecule has 2 aromatic rings. The molecule has 2 aromatic heterocycles. The molecule has 0 atom stereocenters. The summed E-state index contributed by atoms with van der Waals surface area (Å²) in [5.74, 6) is -0.322. The van der Waals surface area contributed by atoms with E-state index in [2.05, 4.69) is 4.98 Å². The number of nitrogens with zero attached hydrogens (tertiary/aromatic N) is 2. The zero-order valence-corrected chi connectivity index (χ0v) is 18.7. The molecule has 2 aliphatic rings. The van der Waals surface area contributed by atoms with E-state index in [0.717, 1.165) is 17.4 Å². The molecule has 4 rings (SSSR count). The zero-order chi connectivity index (χ0) is 22.8. The average molecular weight is 455 g/mol. The summed E-state index contributed by atoms with van der Waals surface area (Å²) in [6, 6.07) is 1.14. The lowest BCUT2D eigenvalue weighted by atomic mass is 9.57. The first-order valence-electron chi connectivity index (χ1n) is 10.3. The lowest BCUT2D eigenvalue weighted by molar-refractivity contribution is -0.136. The van der Waals surface area contributed by atoms with Gasteiger partial charge in [0.25, 0.3) is 0 Å². The van der Waals surface area contributed by atoms with Crippen LogP contribution in [0.5, 0.6) is 0 Å². The van der Waals surface area contributed by atoms with E-state index in [0.29, 0.717) is 31.6 Å². The summed E-state index contributed by atoms with van der Waals surface area (Å²) in [5.41, 5.74) is -0.561. The Bertz CT molecular complexity index is 1040. The van der Waals surface area contributed by atoms with E-state index >= 15 is 0 Å². The van der Waals surface area contributed by atoms with Gasteiger partial charge in [-0.05, 0) is 39.7 Å². The zero-order valence-electron chi connectivity index (χ0n) is 17.9. The second-order valence-electron chi connectivity index (χ2n) is 9.64. The number of ether oxygens (including phenoxy) is 1. The van der Waals surface area contributed by atoms with Crippen LogP contribution < -0.4 is 0 Å². The Morgan fingerprint density at radius 2 is 1.90 bits per heavy atom. The number of halogens is 3. The fraction of sp³-hybridized carbons (Fsp3) is 0.591. The molecule has 0 aromatic carbocycles. The van der Waals surface area contributed by atoms with Gasteiger partial charge in [0.05, 0.1) is 21.3 Å². The monoisotopic (exact) mass is 454 g/mol. The summed E-state index contributed by atoms with van der Waals surface area (Å²) < 4.78 is 46.5. The standard InChI is InChI=1S/C22H25F3N2O3S/c1-5-16(28)13-9-31-18-14(22(23,24)25)6-15(26-17(13)18)12-7-21(8-12)10-27(11-21)19(29)30-20(2,3)4/h6,9,12H,5,7-8,10-11H2,1-4H3. The maximum Gasteiger partial charge on any atom is 0.417 e. The highest BCUT2D eigenvalue weighted by Crippen LogP contribution is 2.56. The van der Waals surface area contributed by atoms with E-state index in [1.165, 1.54) is 5.38 Å². The van der Waals surface area contributed by atoms with Crippen molar-refractivity contribution in [3.05, 3.63) is 28.3 Å². The number of Topliss-reactive ketones (excluding diaryl/α,β-unsaturated/α-hetero) is 1. The number of carbonyl (C=O) groups excluding carboxylic acids is 2. The molecule has 31 heavy (non-hydrogen) atoms. The normalized spacial score (nSPS) is 18.7. The summed E-state index contributed by atoms with van der Waals surface area (Å²) in [5, 5.41) is 1.48. The maximum atomic E-state index is 13.7. The average Bonchev–Trinajstić information content (AvgIpc) is 2.99. The number of likely N-dealkylation sites (tertiary alicyclic amines) is 1. The predicted octanol–water partition coefficient (Wildman–Crippen LogP) is 6.02. The summed E-state index contributed by atoms with van der Waals surface area (Å²) in [6.45, 7) is 8.20. The van der Waals surface area contributed by atoms with Crippen LogP contribution >= 0.6 is 11.3 Å². The van der Waals surface area contributed by atoms with Gasteiger partial charge in [-0.1, -0.05) is 6.92 Å². The number of hydrogen-bond acceptors (Lipinski definition) is 5. The van der Waals surface area contributed by atoms with Gasteiger partial charge in [-0.25, -0.2) is 4.79 Å². The summed E-state index contributed by atoms with van der Waals surface area (Å²) in [7, 11) is 0. The SMILES string of the molecule is CCC(=O)c1csc2c(C(F)(F)F)cc(C3CC4(C3)CN(C(=O)OC(C)(C)C)C4)nc12. The highest BCUT2D eigenvalue weighted by molar-refractivity contribution is 7.17. The number of aromatic nitrogens is 1. The van der Waals surface area contributed by atoms with Gasteiger partial charge in [0.15, 0.2) is 5.78 Å². The van der Waals surface area contributed by atoms with E-state index in [1.807, 2.05) is 20.8 Å². The highest BCUT2D eigenvalue weighted by atomic mass is 32.1. The van der Waals surface area contributed by atoms with Crippen LogP contribution in [-0.4, -0.2) is 40.5 Å². The first-order valence-corrected chi connectivity index (χ1v) is 11.2. The molecule has 1 aliphatic carbocycles. The third-order valence-corrected chi connectivity index (χ3v) is 6.95. The Morgan fingerprint density at radius 1 is 1.26 bits per heavy atom. The maximum absolute atomic E-state index is 13.7. The molecule has 0 radical (unpaired) electrons. The Morgan fingerprint density at radius 3 is 2.45 bits per heavy atom. The first kappa shape index (κ1) is 22.0. The van der Waals surface area contributed by atoms with Gasteiger partial charge in [0.2, 0.25) is 0 Å². The number of thiophene rings is 1. The lowest BCUT2D eigenvalue weighted by Crippen LogP contribution is -2.63. The molecule has 1 amide bonds. The first-order chi connectivity index (χ1) is 14.3. The number of ketones is 1. The van der Waals surface area contributed by atoms with E-state index in [1.54, 1.807) is 11.8 Å². The molecule has 1 aliphatic heterocycles. The summed E-state index contributed by atoms with van der Waals surface area (Å²) >= 11 is 0.919. The van der Waals surface area contributed by atoms with Gasteiger partial charge < -0.3 is 9.64 Å². The Kier molecular flexibility index (Phi) is 5.11. The van der Waals surface area contributed by atoms with Crippen molar-refractivity contribution in [2.24, 2.45) is 5.41 Å². The molecule has 0 unspecified atom stereocenters. The molecule has 0 bridgehead atoms. The number of amides is 1. The van der Waals surface area contributed by atoms with Crippen LogP contribution in [0, 0.1) is 5.41 Å². The molecule has 2 fully saturated rings. The molecular formula is C22H25F3N2O3S. The third kappa shape index (κ3) is 4.04. The largest absolute Gasteiger partial charge is 0.444 e. The second-order valence-corrected chi connectivity index (χ2v) is 10.5. The number of hydrogen-bond donors (Lipinski definition) is 0. The summed E-state index contributed by atoms with van der Waals surface area (Å²) in [6.07, 6.45) is -3.32. The van der Waals surface area contributed by atoms with E-state index in [9.17, 15) is 22.8 Å². The molecule has 0 N–H and O–H groups in total.